The van der Waals surface area contributed by atoms with E-state index >= 15 is 0 Å². The Hall–Kier alpha value is -3.54. The quantitative estimate of drug-likeness (QED) is 0.565. The first-order valence-electron chi connectivity index (χ1n) is 7.16. The number of carbonyl (C=O) groups is 1. The Morgan fingerprint density at radius 3 is 2.21 bits per heavy atom. The van der Waals surface area contributed by atoms with Crippen LogP contribution in [0.25, 0.3) is 0 Å². The molecule has 120 valence electrons. The smallest absolute Gasteiger partial charge is 0.343 e. The van der Waals surface area contributed by atoms with Crippen LogP contribution in [0.1, 0.15) is 10.4 Å². The topological polar surface area (TPSA) is 100 Å². The number of nitrogens with two attached hydrogens (primary N) is 2. The number of carbonyl (C=O) groups excluding carboxylic acids is 1. The first-order valence-corrected chi connectivity index (χ1v) is 7.16. The number of rotatable bonds is 4. The normalized spacial score (nSPS) is 10.2. The van der Waals surface area contributed by atoms with Gasteiger partial charge in [0.25, 0.3) is 0 Å². The Morgan fingerprint density at radius 2 is 1.58 bits per heavy atom. The molecule has 0 saturated carbocycles. The maximum atomic E-state index is 12.0. The molecule has 0 aliphatic carbocycles. The zero-order valence-electron chi connectivity index (χ0n) is 12.7. The monoisotopic (exact) mass is 321 g/mol. The summed E-state index contributed by atoms with van der Waals surface area (Å²) < 4.78 is 10.9. The van der Waals surface area contributed by atoms with Gasteiger partial charge in [0.1, 0.15) is 17.2 Å². The zero-order chi connectivity index (χ0) is 16.9. The van der Waals surface area contributed by atoms with E-state index in [1.807, 2.05) is 0 Å². The zero-order valence-corrected chi connectivity index (χ0v) is 12.7. The van der Waals surface area contributed by atoms with E-state index in [1.165, 1.54) is 6.20 Å². The number of nitrogen functional groups attached to an aromatic ring is 2. The third kappa shape index (κ3) is 3.80. The van der Waals surface area contributed by atoms with E-state index < -0.39 is 5.97 Å². The summed E-state index contributed by atoms with van der Waals surface area (Å²) in [5, 5.41) is 0. The SMILES string of the molecule is Nc1cc(N)cc(Oc2ccc(C(=O)Oc3cccnc3)cc2)c1. The van der Waals surface area contributed by atoms with Crippen LogP contribution in [-0.2, 0) is 0 Å². The van der Waals surface area contributed by atoms with Crippen molar-refractivity contribution in [1.29, 1.82) is 0 Å². The number of pyridine rings is 1. The Morgan fingerprint density at radius 1 is 0.875 bits per heavy atom. The van der Waals surface area contributed by atoms with Gasteiger partial charge in [-0.3, -0.25) is 4.98 Å². The Bertz CT molecular complexity index is 829. The van der Waals surface area contributed by atoms with Gasteiger partial charge >= 0.3 is 5.97 Å². The van der Waals surface area contributed by atoms with Crippen LogP contribution < -0.4 is 20.9 Å². The number of hydrogen-bond acceptors (Lipinski definition) is 6. The standard InChI is InChI=1S/C18H15N3O3/c19-13-8-14(20)10-17(9-13)23-15-5-3-12(4-6-15)18(22)24-16-2-1-7-21-11-16/h1-11H,19-20H2. The lowest BCUT2D eigenvalue weighted by atomic mass is 10.2. The number of hydrogen-bond donors (Lipinski definition) is 2. The molecule has 0 aliphatic rings. The van der Waals surface area contributed by atoms with Crippen molar-refractivity contribution < 1.29 is 14.3 Å². The second kappa shape index (κ2) is 6.70. The van der Waals surface area contributed by atoms with Gasteiger partial charge in [0.05, 0.1) is 11.8 Å². The number of esters is 1. The van der Waals surface area contributed by atoms with E-state index in [-0.39, 0.29) is 0 Å². The Labute approximate surface area is 138 Å². The predicted molar refractivity (Wildman–Crippen MR) is 91.0 cm³/mol. The first-order chi connectivity index (χ1) is 11.6. The highest BCUT2D eigenvalue weighted by molar-refractivity contribution is 5.91. The number of ether oxygens (including phenoxy) is 2. The average molecular weight is 321 g/mol. The predicted octanol–water partition coefficient (Wildman–Crippen LogP) is 3.26. The van der Waals surface area contributed by atoms with Crippen LogP contribution >= 0.6 is 0 Å². The van der Waals surface area contributed by atoms with Crippen LogP contribution in [0.15, 0.2) is 67.0 Å². The van der Waals surface area contributed by atoms with Crippen molar-refractivity contribution in [3.63, 3.8) is 0 Å². The molecule has 0 radical (unpaired) electrons. The minimum absolute atomic E-state index is 0.387. The van der Waals surface area contributed by atoms with Crippen molar-refractivity contribution in [2.45, 2.75) is 0 Å². The third-order valence-corrected chi connectivity index (χ3v) is 3.12. The largest absolute Gasteiger partial charge is 0.457 e. The first kappa shape index (κ1) is 15.4. The number of benzene rings is 2. The van der Waals surface area contributed by atoms with Gasteiger partial charge in [-0.1, -0.05) is 0 Å². The van der Waals surface area contributed by atoms with Crippen LogP contribution in [0.5, 0.6) is 17.2 Å². The molecule has 6 nitrogen and oxygen atoms in total. The maximum absolute atomic E-state index is 12.0. The molecule has 4 N–H and O–H groups in total. The van der Waals surface area contributed by atoms with Crippen molar-refractivity contribution in [1.82, 2.24) is 4.98 Å². The van der Waals surface area contributed by atoms with Gasteiger partial charge in [0.2, 0.25) is 0 Å². The van der Waals surface area contributed by atoms with Gasteiger partial charge in [0, 0.05) is 29.7 Å². The lowest BCUT2D eigenvalue weighted by Gasteiger charge is -2.08. The summed E-state index contributed by atoms with van der Waals surface area (Å²) in [4.78, 5) is 15.9. The molecule has 0 unspecified atom stereocenters. The maximum Gasteiger partial charge on any atom is 0.343 e. The number of aromatic nitrogens is 1. The summed E-state index contributed by atoms with van der Waals surface area (Å²) >= 11 is 0. The molecule has 24 heavy (non-hydrogen) atoms. The number of anilines is 2. The summed E-state index contributed by atoms with van der Waals surface area (Å²) in [7, 11) is 0. The van der Waals surface area contributed by atoms with Crippen LogP contribution in [0.3, 0.4) is 0 Å². The highest BCUT2D eigenvalue weighted by Crippen LogP contribution is 2.26. The third-order valence-electron chi connectivity index (χ3n) is 3.12. The molecular weight excluding hydrogens is 306 g/mol. The molecular formula is C18H15N3O3. The second-order valence-corrected chi connectivity index (χ2v) is 5.04. The average Bonchev–Trinajstić information content (AvgIpc) is 2.55. The van der Waals surface area contributed by atoms with Gasteiger partial charge in [-0.2, -0.15) is 0 Å². The molecule has 6 heteroatoms. The van der Waals surface area contributed by atoms with E-state index in [0.717, 1.165) is 0 Å². The lowest BCUT2D eigenvalue weighted by molar-refractivity contribution is 0.0734. The molecule has 3 aromatic rings. The molecule has 0 spiro atoms. The summed E-state index contributed by atoms with van der Waals surface area (Å²) in [6.45, 7) is 0. The van der Waals surface area contributed by atoms with Gasteiger partial charge in [-0.05, 0) is 42.5 Å². The van der Waals surface area contributed by atoms with E-state index in [4.69, 9.17) is 20.9 Å². The fourth-order valence-corrected chi connectivity index (χ4v) is 2.07. The van der Waals surface area contributed by atoms with Crippen LogP contribution in [0.4, 0.5) is 11.4 Å². The van der Waals surface area contributed by atoms with E-state index in [0.29, 0.717) is 34.2 Å². The molecule has 1 heterocycles. The summed E-state index contributed by atoms with van der Waals surface area (Å²) in [5.74, 6) is 0.997. The van der Waals surface area contributed by atoms with Gasteiger partial charge < -0.3 is 20.9 Å². The second-order valence-electron chi connectivity index (χ2n) is 5.04. The molecule has 0 aliphatic heterocycles. The molecule has 0 saturated heterocycles. The fourth-order valence-electron chi connectivity index (χ4n) is 2.07. The highest BCUT2D eigenvalue weighted by Gasteiger charge is 2.09. The summed E-state index contributed by atoms with van der Waals surface area (Å²) in [5.41, 5.74) is 12.9. The number of nitrogens with zero attached hydrogens (tertiary/aromatic N) is 1. The lowest BCUT2D eigenvalue weighted by Crippen LogP contribution is -2.08. The molecule has 0 atom stereocenters. The van der Waals surface area contributed by atoms with Crippen LogP contribution in [0.2, 0.25) is 0 Å². The molecule has 0 amide bonds. The molecule has 2 aromatic carbocycles. The molecule has 0 fully saturated rings. The van der Waals surface area contributed by atoms with E-state index in [1.54, 1.807) is 60.8 Å². The van der Waals surface area contributed by atoms with Crippen molar-refractivity contribution in [2.75, 3.05) is 11.5 Å². The van der Waals surface area contributed by atoms with Gasteiger partial charge in [0.15, 0.2) is 0 Å². The fraction of sp³-hybridized carbons (Fsp3) is 0. The van der Waals surface area contributed by atoms with E-state index in [9.17, 15) is 4.79 Å². The highest BCUT2D eigenvalue weighted by atomic mass is 16.5. The van der Waals surface area contributed by atoms with Crippen molar-refractivity contribution in [3.8, 4) is 17.2 Å². The summed E-state index contributed by atoms with van der Waals surface area (Å²) in [6.07, 6.45) is 3.08. The Balaban J connectivity index is 1.70. The van der Waals surface area contributed by atoms with Crippen molar-refractivity contribution in [2.24, 2.45) is 0 Å². The minimum atomic E-state index is -0.470. The molecule has 0 bridgehead atoms. The minimum Gasteiger partial charge on any atom is -0.457 e. The van der Waals surface area contributed by atoms with E-state index in [2.05, 4.69) is 4.98 Å². The Kier molecular flexibility index (Phi) is 4.29. The van der Waals surface area contributed by atoms with Crippen LogP contribution in [-0.4, -0.2) is 11.0 Å². The summed E-state index contributed by atoms with van der Waals surface area (Å²) in [6, 6.07) is 14.9. The molecule has 1 aromatic heterocycles. The molecule has 3 rings (SSSR count). The van der Waals surface area contributed by atoms with Crippen molar-refractivity contribution in [3.05, 3.63) is 72.6 Å². The van der Waals surface area contributed by atoms with Crippen LogP contribution in [0, 0.1) is 0 Å². The van der Waals surface area contributed by atoms with Gasteiger partial charge in [-0.15, -0.1) is 0 Å². The van der Waals surface area contributed by atoms with Gasteiger partial charge in [-0.25, -0.2) is 4.79 Å². The van der Waals surface area contributed by atoms with Crippen molar-refractivity contribution >= 4 is 17.3 Å².